The van der Waals surface area contributed by atoms with E-state index in [0.717, 1.165) is 81.8 Å². The van der Waals surface area contributed by atoms with Crippen LogP contribution in [-0.2, 0) is 6.42 Å². The Morgan fingerprint density at radius 2 is 1.81 bits per heavy atom. The van der Waals surface area contributed by atoms with E-state index in [2.05, 4.69) is 31.3 Å². The molecule has 1 aliphatic carbocycles. The first-order valence-corrected chi connectivity index (χ1v) is 13.7. The molecule has 194 valence electrons. The van der Waals surface area contributed by atoms with E-state index in [1.54, 1.807) is 10.9 Å². The van der Waals surface area contributed by atoms with Crippen molar-refractivity contribution in [2.45, 2.75) is 44.6 Å². The second kappa shape index (κ2) is 10.9. The topological polar surface area (TPSA) is 75.5 Å². The molecule has 37 heavy (non-hydrogen) atoms. The molecule has 0 atom stereocenters. The molecule has 3 aliphatic rings. The number of hydrogen-bond donors (Lipinski definition) is 1. The molecule has 2 fully saturated rings. The lowest BCUT2D eigenvalue weighted by molar-refractivity contribution is 0.0919. The van der Waals surface area contributed by atoms with Gasteiger partial charge in [0.2, 0.25) is 0 Å². The molecular formula is C29H36N6O2. The number of fused-ring (bicyclic) bond motifs is 1. The summed E-state index contributed by atoms with van der Waals surface area (Å²) in [5.41, 5.74) is 2.96. The molecule has 1 saturated carbocycles. The number of pyridine rings is 1. The Balaban J connectivity index is 0.910. The summed E-state index contributed by atoms with van der Waals surface area (Å²) in [5.74, 6) is 2.82. The lowest BCUT2D eigenvalue weighted by Crippen LogP contribution is -2.47. The molecule has 2 aliphatic heterocycles. The smallest absolute Gasteiger partial charge is 0.251 e. The van der Waals surface area contributed by atoms with Crippen LogP contribution in [0.3, 0.4) is 0 Å². The van der Waals surface area contributed by atoms with Gasteiger partial charge in [0.15, 0.2) is 11.6 Å². The Morgan fingerprint density at radius 1 is 1.00 bits per heavy atom. The minimum Gasteiger partial charge on any atom is -0.489 e. The number of aromatic nitrogens is 3. The molecule has 2 aromatic heterocycles. The average molecular weight is 501 g/mol. The van der Waals surface area contributed by atoms with Crippen LogP contribution >= 0.6 is 0 Å². The van der Waals surface area contributed by atoms with Gasteiger partial charge in [-0.25, -0.2) is 9.67 Å². The molecule has 4 heterocycles. The van der Waals surface area contributed by atoms with Gasteiger partial charge in [0.25, 0.3) is 5.91 Å². The molecule has 8 heteroatoms. The van der Waals surface area contributed by atoms with Crippen molar-refractivity contribution in [3.05, 3.63) is 66.1 Å². The number of anilines is 1. The SMILES string of the molecule is O=C(N[C@H]1CC[C@H](CCN2CCN(c3nccc4c3OCC4)CC2)CC1)c1ccc(-n2cccn2)cc1. The highest BCUT2D eigenvalue weighted by Crippen LogP contribution is 2.34. The van der Waals surface area contributed by atoms with Crippen LogP contribution in [-0.4, -0.2) is 70.9 Å². The van der Waals surface area contributed by atoms with Gasteiger partial charge in [-0.3, -0.25) is 9.69 Å². The van der Waals surface area contributed by atoms with Crippen LogP contribution in [0.5, 0.6) is 5.75 Å². The van der Waals surface area contributed by atoms with Crippen LogP contribution in [0, 0.1) is 5.92 Å². The fourth-order valence-electron chi connectivity index (χ4n) is 5.92. The summed E-state index contributed by atoms with van der Waals surface area (Å²) < 4.78 is 7.66. The number of piperazine rings is 1. The molecular weight excluding hydrogens is 464 g/mol. The number of hydrogen-bond acceptors (Lipinski definition) is 6. The molecule has 1 saturated heterocycles. The molecule has 1 N–H and O–H groups in total. The summed E-state index contributed by atoms with van der Waals surface area (Å²) >= 11 is 0. The highest BCUT2D eigenvalue weighted by Gasteiger charge is 2.26. The number of nitrogens with zero attached hydrogens (tertiary/aromatic N) is 5. The van der Waals surface area contributed by atoms with E-state index in [1.807, 2.05) is 42.7 Å². The number of amides is 1. The van der Waals surface area contributed by atoms with Crippen molar-refractivity contribution >= 4 is 11.7 Å². The molecule has 8 nitrogen and oxygen atoms in total. The molecule has 1 amide bonds. The molecule has 1 aromatic carbocycles. The average Bonchev–Trinajstić information content (AvgIpc) is 3.66. The number of rotatable bonds is 7. The van der Waals surface area contributed by atoms with E-state index < -0.39 is 0 Å². The molecule has 3 aromatic rings. The third-order valence-electron chi connectivity index (χ3n) is 8.19. The number of carbonyl (C=O) groups excluding carboxylic acids is 1. The van der Waals surface area contributed by atoms with Crippen LogP contribution in [0.1, 0.15) is 48.0 Å². The summed E-state index contributed by atoms with van der Waals surface area (Å²) in [6, 6.07) is 11.9. The monoisotopic (exact) mass is 500 g/mol. The van der Waals surface area contributed by atoms with Crippen LogP contribution in [0.25, 0.3) is 5.69 Å². The Morgan fingerprint density at radius 3 is 2.57 bits per heavy atom. The minimum atomic E-state index is 0.0253. The van der Waals surface area contributed by atoms with Gasteiger partial charge in [-0.1, -0.05) is 0 Å². The summed E-state index contributed by atoms with van der Waals surface area (Å²) in [6.07, 6.45) is 12.3. The first kappa shape index (κ1) is 24.0. The van der Waals surface area contributed by atoms with Crippen molar-refractivity contribution in [2.24, 2.45) is 5.92 Å². The van der Waals surface area contributed by atoms with Crippen molar-refractivity contribution in [3.63, 3.8) is 0 Å². The highest BCUT2D eigenvalue weighted by atomic mass is 16.5. The fourth-order valence-corrected chi connectivity index (χ4v) is 5.92. The Labute approximate surface area is 218 Å². The molecule has 0 bridgehead atoms. The van der Waals surface area contributed by atoms with Gasteiger partial charge in [-0.15, -0.1) is 0 Å². The van der Waals surface area contributed by atoms with E-state index in [0.29, 0.717) is 5.56 Å². The van der Waals surface area contributed by atoms with E-state index in [9.17, 15) is 4.79 Å². The molecule has 0 spiro atoms. The third kappa shape index (κ3) is 5.49. The summed E-state index contributed by atoms with van der Waals surface area (Å²) in [7, 11) is 0. The summed E-state index contributed by atoms with van der Waals surface area (Å²) in [4.78, 5) is 22.4. The van der Waals surface area contributed by atoms with Crippen LogP contribution in [0.4, 0.5) is 5.82 Å². The zero-order valence-corrected chi connectivity index (χ0v) is 21.4. The van der Waals surface area contributed by atoms with E-state index >= 15 is 0 Å². The zero-order valence-electron chi connectivity index (χ0n) is 21.4. The molecule has 0 unspecified atom stereocenters. The standard InChI is InChI=1S/C29H36N6O2/c36-29(24-4-8-26(9-5-24)35-15-1-13-31-35)32-25-6-2-22(3-7-25)11-16-33-17-19-34(20-18-33)28-27-23(10-14-30-28)12-21-37-27/h1,4-5,8-10,13-15,22,25H,2-3,6-7,11-12,16-21H2,(H,32,36)/t22-,25-. The molecule has 0 radical (unpaired) electrons. The number of carbonyl (C=O) groups is 1. The zero-order chi connectivity index (χ0) is 25.0. The lowest BCUT2D eigenvalue weighted by atomic mass is 9.84. The van der Waals surface area contributed by atoms with Crippen molar-refractivity contribution in [2.75, 3.05) is 44.2 Å². The Hall–Kier alpha value is -3.39. The van der Waals surface area contributed by atoms with Crippen LogP contribution in [0.15, 0.2) is 55.0 Å². The second-order valence-corrected chi connectivity index (χ2v) is 10.5. The third-order valence-corrected chi connectivity index (χ3v) is 8.19. The predicted octanol–water partition coefficient (Wildman–Crippen LogP) is 3.70. The van der Waals surface area contributed by atoms with Crippen molar-refractivity contribution in [3.8, 4) is 11.4 Å². The van der Waals surface area contributed by atoms with Gasteiger partial charge < -0.3 is 15.0 Å². The van der Waals surface area contributed by atoms with Gasteiger partial charge >= 0.3 is 0 Å². The predicted molar refractivity (Wildman–Crippen MR) is 143 cm³/mol. The Kier molecular flexibility index (Phi) is 7.08. The second-order valence-electron chi connectivity index (χ2n) is 10.5. The van der Waals surface area contributed by atoms with Crippen molar-refractivity contribution in [1.29, 1.82) is 0 Å². The maximum atomic E-state index is 12.8. The van der Waals surface area contributed by atoms with Crippen molar-refractivity contribution < 1.29 is 9.53 Å². The Bertz CT molecular complexity index is 1180. The summed E-state index contributed by atoms with van der Waals surface area (Å²) in [6.45, 7) is 6.11. The number of ether oxygens (including phenoxy) is 1. The maximum absolute atomic E-state index is 12.8. The van der Waals surface area contributed by atoms with Gasteiger partial charge in [0.05, 0.1) is 12.3 Å². The maximum Gasteiger partial charge on any atom is 0.251 e. The minimum absolute atomic E-state index is 0.0253. The van der Waals surface area contributed by atoms with Crippen LogP contribution < -0.4 is 15.0 Å². The normalized spacial score (nSPS) is 21.9. The first-order chi connectivity index (χ1) is 18.2. The highest BCUT2D eigenvalue weighted by molar-refractivity contribution is 5.94. The molecule has 6 rings (SSSR count). The number of nitrogens with one attached hydrogen (secondary N) is 1. The van der Waals surface area contributed by atoms with Crippen molar-refractivity contribution in [1.82, 2.24) is 25.0 Å². The largest absolute Gasteiger partial charge is 0.489 e. The number of benzene rings is 1. The van der Waals surface area contributed by atoms with E-state index in [-0.39, 0.29) is 11.9 Å². The quantitative estimate of drug-likeness (QED) is 0.533. The van der Waals surface area contributed by atoms with Gasteiger partial charge in [0.1, 0.15) is 0 Å². The van der Waals surface area contributed by atoms with E-state index in [4.69, 9.17) is 4.74 Å². The van der Waals surface area contributed by atoms with Gasteiger partial charge in [0, 0.05) is 68.4 Å². The fraction of sp³-hybridized carbons (Fsp3) is 0.483. The first-order valence-electron chi connectivity index (χ1n) is 13.7. The lowest BCUT2D eigenvalue weighted by Gasteiger charge is -2.37. The van der Waals surface area contributed by atoms with Crippen LogP contribution in [0.2, 0.25) is 0 Å². The van der Waals surface area contributed by atoms with Gasteiger partial charge in [-0.05, 0) is 81.0 Å². The van der Waals surface area contributed by atoms with E-state index in [1.165, 1.54) is 24.8 Å². The summed E-state index contributed by atoms with van der Waals surface area (Å²) in [5, 5.41) is 7.50. The van der Waals surface area contributed by atoms with Gasteiger partial charge in [-0.2, -0.15) is 5.10 Å².